The molecule has 4 rings (SSSR count). The number of pyridine rings is 1. The highest BCUT2D eigenvalue weighted by Gasteiger charge is 2.17. The highest BCUT2D eigenvalue weighted by atomic mass is 19.1. The first kappa shape index (κ1) is 27.2. The zero-order chi connectivity index (χ0) is 27.8. The first-order valence-corrected chi connectivity index (χ1v) is 12.5. The van der Waals surface area contributed by atoms with Crippen molar-refractivity contribution in [2.45, 2.75) is 32.4 Å². The van der Waals surface area contributed by atoms with Crippen molar-refractivity contribution in [1.29, 1.82) is 5.26 Å². The number of nitriles is 1. The van der Waals surface area contributed by atoms with E-state index in [4.69, 9.17) is 11.5 Å². The third kappa shape index (κ3) is 6.91. The third-order valence-corrected chi connectivity index (χ3v) is 6.18. The van der Waals surface area contributed by atoms with Crippen LogP contribution in [0, 0.1) is 17.1 Å². The fourth-order valence-corrected chi connectivity index (χ4v) is 3.96. The molecule has 0 aliphatic rings. The van der Waals surface area contributed by atoms with Gasteiger partial charge in [0.2, 0.25) is 0 Å². The number of aromatic nitrogens is 3. The molecule has 0 aliphatic carbocycles. The molecule has 2 aromatic carbocycles. The van der Waals surface area contributed by atoms with Gasteiger partial charge in [-0.2, -0.15) is 5.26 Å². The molecule has 1 unspecified atom stereocenters. The van der Waals surface area contributed by atoms with Crippen LogP contribution in [0.4, 0.5) is 16.0 Å². The maximum Gasteiger partial charge on any atom is 0.255 e. The second-order valence-electron chi connectivity index (χ2n) is 9.01. The Kier molecular flexibility index (Phi) is 8.76. The van der Waals surface area contributed by atoms with E-state index in [2.05, 4.69) is 25.6 Å². The largest absolute Gasteiger partial charge is 0.382 e. The van der Waals surface area contributed by atoms with Crippen molar-refractivity contribution >= 4 is 17.5 Å². The van der Waals surface area contributed by atoms with Gasteiger partial charge in [-0.3, -0.25) is 4.79 Å². The van der Waals surface area contributed by atoms with Crippen LogP contribution >= 0.6 is 0 Å². The number of hydrogen-bond acceptors (Lipinski definition) is 8. The lowest BCUT2D eigenvalue weighted by Crippen LogP contribution is -2.28. The normalized spacial score (nSPS) is 11.4. The Hall–Kier alpha value is -4.88. The minimum Gasteiger partial charge on any atom is -0.382 e. The summed E-state index contributed by atoms with van der Waals surface area (Å²) in [5.74, 6) is 0.00341. The number of nitrogen functional groups attached to an aromatic ring is 1. The van der Waals surface area contributed by atoms with Crippen LogP contribution < -0.4 is 22.1 Å². The highest BCUT2D eigenvalue weighted by molar-refractivity contribution is 5.99. The van der Waals surface area contributed by atoms with E-state index in [1.807, 2.05) is 30.3 Å². The van der Waals surface area contributed by atoms with Crippen molar-refractivity contribution in [2.24, 2.45) is 5.73 Å². The summed E-state index contributed by atoms with van der Waals surface area (Å²) in [6.07, 6.45) is 4.50. The molecule has 10 heteroatoms. The molecule has 9 nitrogen and oxygen atoms in total. The molecule has 1 amide bonds. The molecule has 0 bridgehead atoms. The van der Waals surface area contributed by atoms with E-state index in [1.54, 1.807) is 25.3 Å². The van der Waals surface area contributed by atoms with Gasteiger partial charge in [-0.25, -0.2) is 19.3 Å². The predicted molar refractivity (Wildman–Crippen MR) is 148 cm³/mol. The zero-order valence-corrected chi connectivity index (χ0v) is 21.5. The quantitative estimate of drug-likeness (QED) is 0.241. The van der Waals surface area contributed by atoms with Crippen molar-refractivity contribution in [1.82, 2.24) is 20.3 Å². The van der Waals surface area contributed by atoms with Gasteiger partial charge in [0.05, 0.1) is 34.8 Å². The number of nitrogens with one attached hydrogen (secondary N) is 2. The molecular formula is C29H29FN8O. The van der Waals surface area contributed by atoms with Gasteiger partial charge in [0.1, 0.15) is 23.5 Å². The first-order chi connectivity index (χ1) is 18.9. The minimum absolute atomic E-state index is 0.238. The van der Waals surface area contributed by atoms with E-state index in [0.29, 0.717) is 31.1 Å². The van der Waals surface area contributed by atoms with Crippen molar-refractivity contribution in [3.63, 3.8) is 0 Å². The molecule has 6 N–H and O–H groups in total. The lowest BCUT2D eigenvalue weighted by Gasteiger charge is -2.16. The molecule has 2 heterocycles. The lowest BCUT2D eigenvalue weighted by atomic mass is 10.1. The third-order valence-electron chi connectivity index (χ3n) is 6.18. The fourth-order valence-electron chi connectivity index (χ4n) is 3.96. The van der Waals surface area contributed by atoms with Crippen LogP contribution in [0.1, 0.15) is 52.1 Å². The van der Waals surface area contributed by atoms with Gasteiger partial charge in [0.25, 0.3) is 5.91 Å². The number of benzene rings is 2. The summed E-state index contributed by atoms with van der Waals surface area (Å²) in [5, 5.41) is 15.4. The molecule has 39 heavy (non-hydrogen) atoms. The van der Waals surface area contributed by atoms with E-state index in [0.717, 1.165) is 34.5 Å². The fraction of sp³-hybridized carbons (Fsp3) is 0.207. The van der Waals surface area contributed by atoms with Crippen LogP contribution in [-0.4, -0.2) is 27.4 Å². The van der Waals surface area contributed by atoms with E-state index in [-0.39, 0.29) is 23.0 Å². The van der Waals surface area contributed by atoms with E-state index in [1.165, 1.54) is 24.4 Å². The Morgan fingerprint density at radius 3 is 2.54 bits per heavy atom. The van der Waals surface area contributed by atoms with Crippen LogP contribution in [0.2, 0.25) is 0 Å². The number of aryl methyl sites for hydroxylation is 1. The van der Waals surface area contributed by atoms with Gasteiger partial charge < -0.3 is 22.1 Å². The number of rotatable bonds is 10. The van der Waals surface area contributed by atoms with Gasteiger partial charge >= 0.3 is 0 Å². The Labute approximate surface area is 226 Å². The molecule has 0 saturated carbocycles. The number of carbonyl (C=O) groups is 1. The maximum atomic E-state index is 13.3. The summed E-state index contributed by atoms with van der Waals surface area (Å²) in [7, 11) is 0. The van der Waals surface area contributed by atoms with Crippen LogP contribution in [-0.2, 0) is 13.0 Å². The van der Waals surface area contributed by atoms with Crippen molar-refractivity contribution in [3.8, 4) is 17.3 Å². The van der Waals surface area contributed by atoms with Crippen molar-refractivity contribution < 1.29 is 9.18 Å². The van der Waals surface area contributed by atoms with Crippen LogP contribution in [0.5, 0.6) is 0 Å². The maximum absolute atomic E-state index is 13.3. The van der Waals surface area contributed by atoms with Gasteiger partial charge in [-0.1, -0.05) is 36.4 Å². The minimum atomic E-state index is -0.401. The lowest BCUT2D eigenvalue weighted by molar-refractivity contribution is 0.0940. The topological polar surface area (TPSA) is 156 Å². The molecule has 0 fully saturated rings. The number of anilines is 2. The average molecular weight is 525 g/mol. The smallest absolute Gasteiger partial charge is 0.255 e. The number of halogens is 1. The molecule has 0 radical (unpaired) electrons. The second kappa shape index (κ2) is 12.6. The standard InChI is InChI=1S/C29H29FN8O/c1-18(21-8-10-23(30)11-9-21)37-29(39)24-13-20(14-32)16-36-28(24)35-15-19-4-6-22(7-5-19)26-17-34-27(33)25(38-26)3-2-12-31/h4-11,13,16-18H,2-3,12,15,31H2,1H3,(H2,33,34)(H,35,36)(H,37,39). The Bertz CT molecular complexity index is 1480. The SMILES string of the molecule is CC(NC(=O)c1cc(C#N)cnc1NCc1ccc(-c2cnc(N)c(CCCN)n2)cc1)c1ccc(F)cc1. The van der Waals surface area contributed by atoms with E-state index in [9.17, 15) is 14.4 Å². The monoisotopic (exact) mass is 524 g/mol. The molecule has 0 spiro atoms. The zero-order valence-electron chi connectivity index (χ0n) is 21.5. The van der Waals surface area contributed by atoms with Crippen LogP contribution in [0.25, 0.3) is 11.3 Å². The summed E-state index contributed by atoms with van der Waals surface area (Å²) in [6.45, 7) is 2.74. The Balaban J connectivity index is 1.46. The number of nitrogens with two attached hydrogens (primary N) is 2. The van der Waals surface area contributed by atoms with Crippen molar-refractivity contribution in [3.05, 3.63) is 101 Å². The van der Waals surface area contributed by atoms with Crippen LogP contribution in [0.3, 0.4) is 0 Å². The summed E-state index contributed by atoms with van der Waals surface area (Å²) in [4.78, 5) is 26.3. The van der Waals surface area contributed by atoms with E-state index >= 15 is 0 Å². The Morgan fingerprint density at radius 1 is 1.10 bits per heavy atom. The molecule has 4 aromatic rings. The summed E-state index contributed by atoms with van der Waals surface area (Å²) in [6, 6.07) is 16.8. The molecule has 0 saturated heterocycles. The average Bonchev–Trinajstić information content (AvgIpc) is 2.96. The highest BCUT2D eigenvalue weighted by Crippen LogP contribution is 2.22. The Morgan fingerprint density at radius 2 is 1.85 bits per heavy atom. The second-order valence-corrected chi connectivity index (χ2v) is 9.01. The van der Waals surface area contributed by atoms with Gasteiger partial charge in [0.15, 0.2) is 0 Å². The first-order valence-electron chi connectivity index (χ1n) is 12.5. The van der Waals surface area contributed by atoms with Crippen LogP contribution in [0.15, 0.2) is 67.0 Å². The summed E-state index contributed by atoms with van der Waals surface area (Å²) >= 11 is 0. The number of nitrogens with zero attached hydrogens (tertiary/aromatic N) is 4. The number of carbonyl (C=O) groups excluding carboxylic acids is 1. The molecule has 0 aliphatic heterocycles. The predicted octanol–water partition coefficient (Wildman–Crippen LogP) is 4.13. The number of amides is 1. The van der Waals surface area contributed by atoms with Gasteiger partial charge in [-0.05, 0) is 55.6 Å². The summed E-state index contributed by atoms with van der Waals surface area (Å²) in [5.41, 5.74) is 16.1. The summed E-state index contributed by atoms with van der Waals surface area (Å²) < 4.78 is 13.3. The van der Waals surface area contributed by atoms with Crippen molar-refractivity contribution in [2.75, 3.05) is 17.6 Å². The molecule has 198 valence electrons. The van der Waals surface area contributed by atoms with E-state index < -0.39 is 5.91 Å². The number of hydrogen-bond donors (Lipinski definition) is 4. The molecular weight excluding hydrogens is 495 g/mol. The van der Waals surface area contributed by atoms with Gasteiger partial charge in [-0.15, -0.1) is 0 Å². The molecule has 1 atom stereocenters. The molecule has 2 aromatic heterocycles. The van der Waals surface area contributed by atoms with Gasteiger partial charge in [0, 0.05) is 18.3 Å².